The highest BCUT2D eigenvalue weighted by Gasteiger charge is 2.12. The number of benzene rings is 3. The summed E-state index contributed by atoms with van der Waals surface area (Å²) in [5, 5.41) is 0. The van der Waals surface area contributed by atoms with Crippen LogP contribution in [0.4, 0.5) is 0 Å². The van der Waals surface area contributed by atoms with Crippen LogP contribution in [0.5, 0.6) is 0 Å². The molecule has 0 bridgehead atoms. The molecule has 0 aliphatic carbocycles. The van der Waals surface area contributed by atoms with Crippen molar-refractivity contribution in [1.29, 1.82) is 0 Å². The lowest BCUT2D eigenvalue weighted by Gasteiger charge is -2.09. The minimum Gasteiger partial charge on any atom is -0.249 e. The van der Waals surface area contributed by atoms with E-state index in [4.69, 9.17) is 0 Å². The van der Waals surface area contributed by atoms with E-state index in [1.807, 2.05) is 68.5 Å². The van der Waals surface area contributed by atoms with Crippen LogP contribution in [0.1, 0.15) is 29.2 Å². The van der Waals surface area contributed by atoms with Crippen LogP contribution in [-0.4, -0.2) is 4.21 Å². The Hall–Kier alpha value is -2.67. The third-order valence-corrected chi connectivity index (χ3v) is 5.71. The van der Waals surface area contributed by atoms with Gasteiger partial charge in [0.15, 0.2) is 0 Å². The van der Waals surface area contributed by atoms with Crippen LogP contribution in [-0.2, 0) is 10.8 Å². The van der Waals surface area contributed by atoms with Crippen LogP contribution >= 0.6 is 0 Å². The zero-order chi connectivity index (χ0) is 18.5. The van der Waals surface area contributed by atoms with Gasteiger partial charge < -0.3 is 0 Å². The van der Waals surface area contributed by atoms with E-state index < -0.39 is 10.8 Å². The van der Waals surface area contributed by atoms with Crippen molar-refractivity contribution in [2.75, 3.05) is 0 Å². The van der Waals surface area contributed by atoms with E-state index in [2.05, 4.69) is 36.9 Å². The molecule has 3 rings (SSSR count). The van der Waals surface area contributed by atoms with Gasteiger partial charge in [-0.3, -0.25) is 0 Å². The molecule has 0 aliphatic heterocycles. The number of aryl methyl sites for hydroxylation is 2. The molecule has 0 heterocycles. The largest absolute Gasteiger partial charge is 0.249 e. The molecule has 1 atom stereocenters. The van der Waals surface area contributed by atoms with Crippen LogP contribution in [0.3, 0.4) is 0 Å². The lowest BCUT2D eigenvalue weighted by atomic mass is 10.1. The van der Waals surface area contributed by atoms with Gasteiger partial charge in [0.25, 0.3) is 0 Å². The molecule has 2 heteroatoms. The molecule has 26 heavy (non-hydrogen) atoms. The second kappa shape index (κ2) is 8.14. The van der Waals surface area contributed by atoms with Crippen LogP contribution < -0.4 is 0 Å². The lowest BCUT2D eigenvalue weighted by molar-refractivity contribution is 0.683. The van der Waals surface area contributed by atoms with Gasteiger partial charge in [-0.25, -0.2) is 4.21 Å². The smallest absolute Gasteiger partial charge is 0.0856 e. The maximum Gasteiger partial charge on any atom is 0.0856 e. The quantitative estimate of drug-likeness (QED) is 0.509. The van der Waals surface area contributed by atoms with E-state index in [1.54, 1.807) is 0 Å². The molecule has 0 radical (unpaired) electrons. The zero-order valence-corrected chi connectivity index (χ0v) is 16.1. The summed E-state index contributed by atoms with van der Waals surface area (Å²) >= 11 is 0. The van der Waals surface area contributed by atoms with Gasteiger partial charge >= 0.3 is 0 Å². The highest BCUT2D eigenvalue weighted by molar-refractivity contribution is 7.85. The molecule has 0 saturated heterocycles. The first kappa shape index (κ1) is 18.1. The van der Waals surface area contributed by atoms with Gasteiger partial charge in [0, 0.05) is 10.5 Å². The summed E-state index contributed by atoms with van der Waals surface area (Å²) in [7, 11) is -1.21. The van der Waals surface area contributed by atoms with Gasteiger partial charge in [-0.2, -0.15) is 0 Å². The summed E-state index contributed by atoms with van der Waals surface area (Å²) in [6.07, 6.45) is 1.97. The average molecular weight is 359 g/mol. The van der Waals surface area contributed by atoms with Crippen molar-refractivity contribution >= 4 is 22.4 Å². The Kier molecular flexibility index (Phi) is 5.68. The van der Waals surface area contributed by atoms with Crippen molar-refractivity contribution in [2.45, 2.75) is 30.6 Å². The second-order valence-electron chi connectivity index (χ2n) is 6.40. The normalized spacial score (nSPS) is 11.5. The molecule has 0 amide bonds. The fourth-order valence-electron chi connectivity index (χ4n) is 2.66. The third kappa shape index (κ3) is 4.29. The van der Waals surface area contributed by atoms with Crippen molar-refractivity contribution in [3.63, 3.8) is 0 Å². The Morgan fingerprint density at radius 3 is 2.08 bits per heavy atom. The van der Waals surface area contributed by atoms with Gasteiger partial charge in [-0.05, 0) is 56.2 Å². The monoisotopic (exact) mass is 358 g/mol. The van der Waals surface area contributed by atoms with E-state index in [9.17, 15) is 4.21 Å². The van der Waals surface area contributed by atoms with Gasteiger partial charge in [0.05, 0.1) is 15.7 Å². The predicted octanol–water partition coefficient (Wildman–Crippen LogP) is 6.19. The fourth-order valence-corrected chi connectivity index (χ4v) is 3.92. The minimum atomic E-state index is -1.21. The van der Waals surface area contributed by atoms with E-state index in [0.717, 1.165) is 32.1 Å². The molecule has 0 aliphatic rings. The van der Waals surface area contributed by atoms with Crippen LogP contribution in [0, 0.1) is 13.8 Å². The van der Waals surface area contributed by atoms with Crippen molar-refractivity contribution in [2.24, 2.45) is 0 Å². The van der Waals surface area contributed by atoms with E-state index in [-0.39, 0.29) is 0 Å². The molecule has 1 nitrogen and oxygen atoms in total. The highest BCUT2D eigenvalue weighted by Crippen LogP contribution is 2.25. The number of hydrogen-bond donors (Lipinski definition) is 0. The minimum absolute atomic E-state index is 0.818. The van der Waals surface area contributed by atoms with Gasteiger partial charge in [0.1, 0.15) is 0 Å². The molecule has 0 saturated carbocycles. The summed E-state index contributed by atoms with van der Waals surface area (Å²) < 4.78 is 13.1. The van der Waals surface area contributed by atoms with Gasteiger partial charge in [0.2, 0.25) is 0 Å². The highest BCUT2D eigenvalue weighted by atomic mass is 32.2. The molecule has 130 valence electrons. The molecule has 0 N–H and O–H groups in total. The average Bonchev–Trinajstić information content (AvgIpc) is 2.67. The van der Waals surface area contributed by atoms with Crippen molar-refractivity contribution in [3.05, 3.63) is 101 Å². The Morgan fingerprint density at radius 1 is 0.846 bits per heavy atom. The first-order valence-electron chi connectivity index (χ1n) is 8.62. The number of allylic oxidation sites excluding steroid dienone is 1. The van der Waals surface area contributed by atoms with Crippen molar-refractivity contribution < 1.29 is 4.21 Å². The lowest BCUT2D eigenvalue weighted by Crippen LogP contribution is -1.97. The molecular formula is C24H22OS. The maximum atomic E-state index is 13.1. The summed E-state index contributed by atoms with van der Waals surface area (Å²) in [5.74, 6) is 0. The summed E-state index contributed by atoms with van der Waals surface area (Å²) in [6.45, 7) is 6.12. The molecule has 0 aromatic heterocycles. The van der Waals surface area contributed by atoms with E-state index >= 15 is 0 Å². The second-order valence-corrected chi connectivity index (χ2v) is 7.85. The SMILES string of the molecule is CC(=C=Cc1ccc(C)cc1)c1ccccc1S(=O)c1ccc(C)cc1. The summed E-state index contributed by atoms with van der Waals surface area (Å²) in [6, 6.07) is 24.0. The topological polar surface area (TPSA) is 17.1 Å². The molecular weight excluding hydrogens is 336 g/mol. The van der Waals surface area contributed by atoms with E-state index in [1.165, 1.54) is 5.56 Å². The first-order chi connectivity index (χ1) is 12.5. The Morgan fingerprint density at radius 2 is 1.42 bits per heavy atom. The van der Waals surface area contributed by atoms with Crippen LogP contribution in [0.2, 0.25) is 0 Å². The summed E-state index contributed by atoms with van der Waals surface area (Å²) in [4.78, 5) is 1.64. The third-order valence-electron chi connectivity index (χ3n) is 4.26. The summed E-state index contributed by atoms with van der Waals surface area (Å²) in [5.41, 5.74) is 8.79. The van der Waals surface area contributed by atoms with Crippen LogP contribution in [0.15, 0.2) is 88.3 Å². The van der Waals surface area contributed by atoms with Crippen molar-refractivity contribution in [3.8, 4) is 0 Å². The number of hydrogen-bond acceptors (Lipinski definition) is 1. The molecule has 1 unspecified atom stereocenters. The Bertz CT molecular complexity index is 989. The van der Waals surface area contributed by atoms with Crippen LogP contribution in [0.25, 0.3) is 11.6 Å². The first-order valence-corrected chi connectivity index (χ1v) is 9.77. The molecule has 0 fully saturated rings. The van der Waals surface area contributed by atoms with Gasteiger partial charge in [-0.1, -0.05) is 65.7 Å². The Balaban J connectivity index is 1.98. The molecule has 3 aromatic rings. The maximum absolute atomic E-state index is 13.1. The standard InChI is InChI=1S/C24H22OS/c1-18-8-13-21(14-9-18)15-12-20(3)23-6-4-5-7-24(23)26(25)22-16-10-19(2)11-17-22/h4-11,13-17H,1-3H3. The molecule has 3 aromatic carbocycles. The van der Waals surface area contributed by atoms with Gasteiger partial charge in [-0.15, -0.1) is 5.73 Å². The van der Waals surface area contributed by atoms with E-state index in [0.29, 0.717) is 0 Å². The number of rotatable bonds is 4. The zero-order valence-electron chi connectivity index (χ0n) is 15.3. The Labute approximate surface area is 158 Å². The predicted molar refractivity (Wildman–Crippen MR) is 111 cm³/mol. The fraction of sp³-hybridized carbons (Fsp3) is 0.125. The molecule has 0 spiro atoms. The van der Waals surface area contributed by atoms with Crippen molar-refractivity contribution in [1.82, 2.24) is 0 Å².